The van der Waals surface area contributed by atoms with Crippen LogP contribution in [0.4, 0.5) is 5.82 Å². The fourth-order valence-electron chi connectivity index (χ4n) is 0.758. The van der Waals surface area contributed by atoms with Gasteiger partial charge in [0.2, 0.25) is 0 Å². The van der Waals surface area contributed by atoms with Crippen LogP contribution in [0.15, 0.2) is 17.0 Å². The molecule has 0 atom stereocenters. The lowest BCUT2D eigenvalue weighted by molar-refractivity contribution is 0.430. The lowest BCUT2D eigenvalue weighted by Crippen LogP contribution is -1.87. The number of nitrogens with two attached hydrogens (primary N) is 1. The highest BCUT2D eigenvalue weighted by Gasteiger charge is 2.08. The summed E-state index contributed by atoms with van der Waals surface area (Å²) in [5.41, 5.74) is 6.11. The van der Waals surface area contributed by atoms with Crippen LogP contribution < -0.4 is 5.73 Å². The number of aromatic nitrogens is 4. The van der Waals surface area contributed by atoms with Crippen LogP contribution in [0.2, 0.25) is 0 Å². The van der Waals surface area contributed by atoms with E-state index in [9.17, 15) is 0 Å². The minimum absolute atomic E-state index is 0.372. The zero-order valence-corrected chi connectivity index (χ0v) is 5.48. The summed E-state index contributed by atoms with van der Waals surface area (Å²) in [5, 5.41) is 9.69. The summed E-state index contributed by atoms with van der Waals surface area (Å²) in [4.78, 5) is 3.80. The Bertz CT molecular complexity index is 337. The van der Waals surface area contributed by atoms with Gasteiger partial charge in [-0.2, -0.15) is 10.1 Å². The Kier molecular flexibility index (Phi) is 1.12. The van der Waals surface area contributed by atoms with Gasteiger partial charge in [0, 0.05) is 0 Å². The second kappa shape index (κ2) is 2.08. The molecule has 2 aromatic heterocycles. The molecule has 0 radical (unpaired) electrons. The second-order valence-corrected chi connectivity index (χ2v) is 1.94. The van der Waals surface area contributed by atoms with Gasteiger partial charge in [0.15, 0.2) is 6.33 Å². The minimum Gasteiger partial charge on any atom is -0.383 e. The van der Waals surface area contributed by atoms with Gasteiger partial charge in [-0.25, -0.2) is 0 Å². The predicted octanol–water partition coefficient (Wildman–Crippen LogP) is 0.0419. The summed E-state index contributed by atoms with van der Waals surface area (Å²) in [6, 6.07) is 0. The Hall–Kier alpha value is -1.85. The van der Waals surface area contributed by atoms with E-state index in [0.29, 0.717) is 17.3 Å². The molecule has 0 amide bonds. The van der Waals surface area contributed by atoms with Gasteiger partial charge < -0.3 is 10.3 Å². The smallest absolute Gasteiger partial charge is 0.263 e. The highest BCUT2D eigenvalue weighted by atomic mass is 16.5. The van der Waals surface area contributed by atoms with Gasteiger partial charge >= 0.3 is 0 Å². The monoisotopic (exact) mass is 151 g/mol. The van der Waals surface area contributed by atoms with Crippen LogP contribution in [-0.4, -0.2) is 20.3 Å². The molecule has 0 bridgehead atoms. The first-order chi connectivity index (χ1) is 5.38. The third-order valence-corrected chi connectivity index (χ3v) is 1.26. The fraction of sp³-hybridized carbons (Fsp3) is 0. The molecule has 0 aliphatic heterocycles. The van der Waals surface area contributed by atoms with Crippen molar-refractivity contribution in [3.63, 3.8) is 0 Å². The number of nitrogens with one attached hydrogen (secondary N) is 1. The van der Waals surface area contributed by atoms with E-state index in [4.69, 9.17) is 10.3 Å². The van der Waals surface area contributed by atoms with Gasteiger partial charge in [0.25, 0.3) is 5.89 Å². The van der Waals surface area contributed by atoms with E-state index in [1.54, 1.807) is 0 Å². The standard InChI is InChI=1S/C5H5N5O/c6-4-3(1-8-10-4)5-7-2-9-11-5/h1-2H,(H3,6,8,10). The van der Waals surface area contributed by atoms with Crippen molar-refractivity contribution in [2.45, 2.75) is 0 Å². The summed E-state index contributed by atoms with van der Waals surface area (Å²) in [7, 11) is 0. The number of nitrogen functional groups attached to an aromatic ring is 1. The lowest BCUT2D eigenvalue weighted by Gasteiger charge is -1.86. The van der Waals surface area contributed by atoms with Gasteiger partial charge in [-0.3, -0.25) is 5.10 Å². The first-order valence-electron chi connectivity index (χ1n) is 2.94. The summed E-state index contributed by atoms with van der Waals surface area (Å²) in [6.45, 7) is 0. The van der Waals surface area contributed by atoms with Gasteiger partial charge in [-0.1, -0.05) is 5.16 Å². The highest BCUT2D eigenvalue weighted by Crippen LogP contribution is 2.19. The molecule has 0 aliphatic carbocycles. The number of hydrogen-bond donors (Lipinski definition) is 2. The first-order valence-corrected chi connectivity index (χ1v) is 2.94. The van der Waals surface area contributed by atoms with Crippen LogP contribution in [0.25, 0.3) is 11.5 Å². The van der Waals surface area contributed by atoms with E-state index >= 15 is 0 Å². The van der Waals surface area contributed by atoms with Gasteiger partial charge in [0.1, 0.15) is 11.4 Å². The number of rotatable bonds is 1. The van der Waals surface area contributed by atoms with Crippen LogP contribution in [0.3, 0.4) is 0 Å². The fourth-order valence-corrected chi connectivity index (χ4v) is 0.758. The predicted molar refractivity (Wildman–Crippen MR) is 36.3 cm³/mol. The maximum Gasteiger partial charge on any atom is 0.263 e. The molecule has 0 aromatic carbocycles. The maximum absolute atomic E-state index is 5.49. The molecular formula is C5H5N5O. The third-order valence-electron chi connectivity index (χ3n) is 1.26. The van der Waals surface area contributed by atoms with Crippen LogP contribution >= 0.6 is 0 Å². The molecule has 0 saturated carbocycles. The molecule has 2 rings (SSSR count). The normalized spacial score (nSPS) is 10.2. The van der Waals surface area contributed by atoms with Crippen LogP contribution in [0.5, 0.6) is 0 Å². The number of aromatic amines is 1. The van der Waals surface area contributed by atoms with Crippen molar-refractivity contribution < 1.29 is 4.52 Å². The summed E-state index contributed by atoms with van der Waals surface area (Å²) >= 11 is 0. The van der Waals surface area contributed by atoms with E-state index in [1.807, 2.05) is 0 Å². The van der Waals surface area contributed by atoms with Gasteiger partial charge in [-0.15, -0.1) is 0 Å². The zero-order chi connectivity index (χ0) is 7.68. The molecule has 6 heteroatoms. The first kappa shape index (κ1) is 5.90. The molecule has 0 unspecified atom stereocenters. The van der Waals surface area contributed by atoms with Gasteiger partial charge in [0.05, 0.1) is 6.20 Å². The molecule has 2 aromatic rings. The number of H-pyrrole nitrogens is 1. The van der Waals surface area contributed by atoms with E-state index in [-0.39, 0.29) is 0 Å². The number of hydrogen-bond acceptors (Lipinski definition) is 5. The highest BCUT2D eigenvalue weighted by molar-refractivity contribution is 5.65. The summed E-state index contributed by atoms with van der Waals surface area (Å²) in [5.74, 6) is 0.797. The quantitative estimate of drug-likeness (QED) is 0.600. The Balaban J connectivity index is 2.53. The van der Waals surface area contributed by atoms with Crippen molar-refractivity contribution in [1.29, 1.82) is 0 Å². The molecule has 56 valence electrons. The third kappa shape index (κ3) is 0.841. The molecule has 3 N–H and O–H groups in total. The molecule has 0 aliphatic rings. The molecule has 0 fully saturated rings. The molecular weight excluding hydrogens is 146 g/mol. The lowest BCUT2D eigenvalue weighted by atomic mass is 10.3. The van der Waals surface area contributed by atoms with E-state index in [0.717, 1.165) is 0 Å². The molecule has 0 saturated heterocycles. The Morgan fingerprint density at radius 1 is 1.55 bits per heavy atom. The van der Waals surface area contributed by atoms with Crippen LogP contribution in [0.1, 0.15) is 0 Å². The Morgan fingerprint density at radius 2 is 2.45 bits per heavy atom. The molecule has 2 heterocycles. The SMILES string of the molecule is Nc1[nH]ncc1-c1ncno1. The van der Waals surface area contributed by atoms with Crippen molar-refractivity contribution >= 4 is 5.82 Å². The minimum atomic E-state index is 0.372. The Morgan fingerprint density at radius 3 is 3.00 bits per heavy atom. The van der Waals surface area contributed by atoms with Crippen LogP contribution in [0, 0.1) is 0 Å². The van der Waals surface area contributed by atoms with Crippen LogP contribution in [-0.2, 0) is 0 Å². The van der Waals surface area contributed by atoms with Crippen molar-refractivity contribution in [3.8, 4) is 11.5 Å². The van der Waals surface area contributed by atoms with E-state index < -0.39 is 0 Å². The largest absolute Gasteiger partial charge is 0.383 e. The molecule has 6 nitrogen and oxygen atoms in total. The number of anilines is 1. The van der Waals surface area contributed by atoms with Crippen molar-refractivity contribution in [2.24, 2.45) is 0 Å². The van der Waals surface area contributed by atoms with E-state index in [2.05, 4.69) is 20.3 Å². The molecule has 0 spiro atoms. The topological polar surface area (TPSA) is 93.6 Å². The number of nitrogens with zero attached hydrogens (tertiary/aromatic N) is 3. The second-order valence-electron chi connectivity index (χ2n) is 1.94. The zero-order valence-electron chi connectivity index (χ0n) is 5.48. The summed E-state index contributed by atoms with van der Waals surface area (Å²) < 4.78 is 4.76. The van der Waals surface area contributed by atoms with Crippen molar-refractivity contribution in [3.05, 3.63) is 12.5 Å². The van der Waals surface area contributed by atoms with E-state index in [1.165, 1.54) is 12.5 Å². The average Bonchev–Trinajstić information content (AvgIpc) is 2.55. The summed E-state index contributed by atoms with van der Waals surface area (Å²) in [6.07, 6.45) is 2.84. The van der Waals surface area contributed by atoms with Crippen molar-refractivity contribution in [2.75, 3.05) is 5.73 Å². The van der Waals surface area contributed by atoms with Gasteiger partial charge in [-0.05, 0) is 0 Å². The Labute approximate surface area is 61.4 Å². The van der Waals surface area contributed by atoms with Crippen molar-refractivity contribution in [1.82, 2.24) is 20.3 Å². The maximum atomic E-state index is 5.49. The average molecular weight is 151 g/mol. The molecule has 11 heavy (non-hydrogen) atoms.